The zero-order valence-electron chi connectivity index (χ0n) is 7.41. The van der Waals surface area contributed by atoms with Crippen LogP contribution in [0.2, 0.25) is 0 Å². The predicted octanol–water partition coefficient (Wildman–Crippen LogP) is -0.824. The first-order chi connectivity index (χ1) is 5.57. The Bertz CT molecular complexity index is 217. The van der Waals surface area contributed by atoms with Gasteiger partial charge < -0.3 is 10.5 Å². The molecule has 1 fully saturated rings. The molecule has 1 rings (SSSR count). The number of rotatable bonds is 2. The molecule has 0 aromatic carbocycles. The fourth-order valence-electron chi connectivity index (χ4n) is 1.56. The van der Waals surface area contributed by atoms with E-state index in [4.69, 9.17) is 5.73 Å². The molecule has 0 radical (unpaired) electrons. The van der Waals surface area contributed by atoms with Crippen LogP contribution in [0.3, 0.4) is 0 Å². The number of aldehydes is 1. The SMILES string of the molecule is CC1C(=O)CC(C=O)(CN)N1C. The van der Waals surface area contributed by atoms with Crippen LogP contribution in [0, 0.1) is 0 Å². The average Bonchev–Trinajstić information content (AvgIpc) is 2.30. The van der Waals surface area contributed by atoms with Gasteiger partial charge in [0.15, 0.2) is 5.78 Å². The maximum atomic E-state index is 11.3. The van der Waals surface area contributed by atoms with Crippen molar-refractivity contribution in [3.05, 3.63) is 0 Å². The third-order valence-electron chi connectivity index (χ3n) is 2.80. The van der Waals surface area contributed by atoms with Crippen molar-refractivity contribution in [2.45, 2.75) is 24.9 Å². The molecule has 0 amide bonds. The summed E-state index contributed by atoms with van der Waals surface area (Å²) in [7, 11) is 1.76. The largest absolute Gasteiger partial charge is 0.328 e. The van der Waals surface area contributed by atoms with Crippen LogP contribution < -0.4 is 5.73 Å². The molecule has 4 nitrogen and oxygen atoms in total. The molecular formula is C8H14N2O2. The molecule has 1 saturated heterocycles. The van der Waals surface area contributed by atoms with Gasteiger partial charge in [-0.05, 0) is 14.0 Å². The second-order valence-electron chi connectivity index (χ2n) is 3.36. The van der Waals surface area contributed by atoms with Crippen molar-refractivity contribution in [2.24, 2.45) is 5.73 Å². The van der Waals surface area contributed by atoms with Crippen molar-refractivity contribution in [3.63, 3.8) is 0 Å². The molecule has 1 heterocycles. The molecule has 2 unspecified atom stereocenters. The standard InChI is InChI=1S/C8H14N2O2/c1-6-7(12)3-8(4-9,5-11)10(6)2/h5-6H,3-4,9H2,1-2H3. The summed E-state index contributed by atoms with van der Waals surface area (Å²) < 4.78 is 0. The Morgan fingerprint density at radius 2 is 2.42 bits per heavy atom. The summed E-state index contributed by atoms with van der Waals surface area (Å²) in [5.74, 6) is 0.0926. The number of carbonyl (C=O) groups excluding carboxylic acids is 2. The van der Waals surface area contributed by atoms with Crippen molar-refractivity contribution in [1.82, 2.24) is 4.90 Å². The summed E-state index contributed by atoms with van der Waals surface area (Å²) in [5, 5.41) is 0. The highest BCUT2D eigenvalue weighted by molar-refractivity contribution is 5.92. The average molecular weight is 170 g/mol. The molecule has 0 aliphatic carbocycles. The Morgan fingerprint density at radius 1 is 1.83 bits per heavy atom. The van der Waals surface area contributed by atoms with Crippen LogP contribution in [0.25, 0.3) is 0 Å². The highest BCUT2D eigenvalue weighted by Crippen LogP contribution is 2.26. The molecule has 2 N–H and O–H groups in total. The molecular weight excluding hydrogens is 156 g/mol. The fraction of sp³-hybridized carbons (Fsp3) is 0.750. The van der Waals surface area contributed by atoms with Gasteiger partial charge in [-0.25, -0.2) is 0 Å². The normalized spacial score (nSPS) is 37.2. The zero-order valence-corrected chi connectivity index (χ0v) is 7.41. The number of likely N-dealkylation sites (tertiary alicyclic amines) is 1. The summed E-state index contributed by atoms with van der Waals surface area (Å²) in [6.07, 6.45) is 1.04. The quantitative estimate of drug-likeness (QED) is 0.550. The van der Waals surface area contributed by atoms with Crippen molar-refractivity contribution >= 4 is 12.1 Å². The van der Waals surface area contributed by atoms with Gasteiger partial charge in [-0.15, -0.1) is 0 Å². The minimum atomic E-state index is -0.740. The second-order valence-corrected chi connectivity index (χ2v) is 3.36. The third-order valence-corrected chi connectivity index (χ3v) is 2.80. The number of Topliss-reactive ketones (excluding diaryl/α,β-unsaturated/α-hetero) is 1. The van der Waals surface area contributed by atoms with Gasteiger partial charge in [0, 0.05) is 13.0 Å². The molecule has 0 aromatic rings. The Balaban J connectivity index is 2.94. The number of ketones is 1. The minimum Gasteiger partial charge on any atom is -0.328 e. The maximum absolute atomic E-state index is 11.3. The van der Waals surface area contributed by atoms with Crippen LogP contribution in [-0.2, 0) is 9.59 Å². The van der Waals surface area contributed by atoms with Crippen LogP contribution >= 0.6 is 0 Å². The summed E-state index contributed by atoms with van der Waals surface area (Å²) >= 11 is 0. The lowest BCUT2D eigenvalue weighted by atomic mass is 9.99. The lowest BCUT2D eigenvalue weighted by Gasteiger charge is -2.29. The Kier molecular flexibility index (Phi) is 2.30. The van der Waals surface area contributed by atoms with Gasteiger partial charge in [-0.1, -0.05) is 0 Å². The first-order valence-electron chi connectivity index (χ1n) is 3.99. The van der Waals surface area contributed by atoms with Crippen LogP contribution in [-0.4, -0.2) is 42.1 Å². The van der Waals surface area contributed by atoms with E-state index in [0.29, 0.717) is 0 Å². The summed E-state index contributed by atoms with van der Waals surface area (Å²) in [6, 6.07) is -0.182. The van der Waals surface area contributed by atoms with Gasteiger partial charge in [0.25, 0.3) is 0 Å². The van der Waals surface area contributed by atoms with E-state index in [0.717, 1.165) is 6.29 Å². The van der Waals surface area contributed by atoms with E-state index >= 15 is 0 Å². The first-order valence-corrected chi connectivity index (χ1v) is 3.99. The zero-order chi connectivity index (χ0) is 9.35. The number of nitrogens with two attached hydrogens (primary N) is 1. The number of nitrogens with zero attached hydrogens (tertiary/aromatic N) is 1. The van der Waals surface area contributed by atoms with E-state index < -0.39 is 5.54 Å². The summed E-state index contributed by atoms with van der Waals surface area (Å²) in [6.45, 7) is 2.01. The van der Waals surface area contributed by atoms with E-state index in [-0.39, 0.29) is 24.8 Å². The number of carbonyl (C=O) groups is 2. The summed E-state index contributed by atoms with van der Waals surface area (Å²) in [4.78, 5) is 23.8. The topological polar surface area (TPSA) is 63.4 Å². The monoisotopic (exact) mass is 170 g/mol. The summed E-state index contributed by atoms with van der Waals surface area (Å²) in [5.41, 5.74) is 4.73. The molecule has 0 bridgehead atoms. The molecule has 1 aliphatic rings. The fourth-order valence-corrected chi connectivity index (χ4v) is 1.56. The van der Waals surface area contributed by atoms with Crippen LogP contribution in [0.5, 0.6) is 0 Å². The maximum Gasteiger partial charge on any atom is 0.152 e. The number of hydrogen-bond acceptors (Lipinski definition) is 4. The van der Waals surface area contributed by atoms with E-state index in [1.807, 2.05) is 0 Å². The number of hydrogen-bond donors (Lipinski definition) is 1. The Morgan fingerprint density at radius 3 is 2.58 bits per heavy atom. The minimum absolute atomic E-state index is 0.0926. The molecule has 12 heavy (non-hydrogen) atoms. The van der Waals surface area contributed by atoms with E-state index in [2.05, 4.69) is 0 Å². The van der Waals surface area contributed by atoms with Gasteiger partial charge in [-0.2, -0.15) is 0 Å². The third kappa shape index (κ3) is 1.07. The highest BCUT2D eigenvalue weighted by Gasteiger charge is 2.46. The van der Waals surface area contributed by atoms with Crippen LogP contribution in [0.1, 0.15) is 13.3 Å². The van der Waals surface area contributed by atoms with Gasteiger partial charge in [0.2, 0.25) is 0 Å². The molecule has 0 saturated carbocycles. The van der Waals surface area contributed by atoms with Crippen molar-refractivity contribution in [2.75, 3.05) is 13.6 Å². The van der Waals surface area contributed by atoms with E-state index in [1.54, 1.807) is 18.9 Å². The highest BCUT2D eigenvalue weighted by atomic mass is 16.1. The van der Waals surface area contributed by atoms with Gasteiger partial charge in [0.05, 0.1) is 11.6 Å². The first kappa shape index (κ1) is 9.35. The molecule has 0 aromatic heterocycles. The predicted molar refractivity (Wildman–Crippen MR) is 44.7 cm³/mol. The molecule has 4 heteroatoms. The molecule has 2 atom stereocenters. The lowest BCUT2D eigenvalue weighted by molar-refractivity contribution is -0.120. The van der Waals surface area contributed by atoms with E-state index in [1.165, 1.54) is 0 Å². The van der Waals surface area contributed by atoms with Gasteiger partial charge in [-0.3, -0.25) is 9.69 Å². The Hall–Kier alpha value is -0.740. The molecule has 1 aliphatic heterocycles. The van der Waals surface area contributed by atoms with Crippen LogP contribution in [0.4, 0.5) is 0 Å². The van der Waals surface area contributed by atoms with Crippen molar-refractivity contribution < 1.29 is 9.59 Å². The van der Waals surface area contributed by atoms with Crippen molar-refractivity contribution in [1.29, 1.82) is 0 Å². The van der Waals surface area contributed by atoms with Gasteiger partial charge >= 0.3 is 0 Å². The Labute approximate surface area is 71.7 Å². The lowest BCUT2D eigenvalue weighted by Crippen LogP contribution is -2.50. The second kappa shape index (κ2) is 2.95. The smallest absolute Gasteiger partial charge is 0.152 e. The van der Waals surface area contributed by atoms with Crippen molar-refractivity contribution in [3.8, 4) is 0 Å². The van der Waals surface area contributed by atoms with Gasteiger partial charge in [0.1, 0.15) is 6.29 Å². The number of likely N-dealkylation sites (N-methyl/N-ethyl adjacent to an activating group) is 1. The van der Waals surface area contributed by atoms with E-state index in [9.17, 15) is 9.59 Å². The molecule has 0 spiro atoms. The molecule has 68 valence electrons. The van der Waals surface area contributed by atoms with Crippen LogP contribution in [0.15, 0.2) is 0 Å².